The number of phenols is 1. The van der Waals surface area contributed by atoms with Crippen molar-refractivity contribution in [3.05, 3.63) is 53.1 Å². The summed E-state index contributed by atoms with van der Waals surface area (Å²) < 4.78 is 0. The fourth-order valence-corrected chi connectivity index (χ4v) is 2.60. The Bertz CT molecular complexity index is 695. The van der Waals surface area contributed by atoms with Crippen LogP contribution in [-0.2, 0) is 6.42 Å². The summed E-state index contributed by atoms with van der Waals surface area (Å²) in [6, 6.07) is 10.7. The summed E-state index contributed by atoms with van der Waals surface area (Å²) in [5.74, 6) is 0.0718. The largest absolute Gasteiger partial charge is 0.508 e. The molecule has 4 heteroatoms. The minimum Gasteiger partial charge on any atom is -0.508 e. The third kappa shape index (κ3) is 2.84. The number of fused-ring (bicyclic) bond motifs is 1. The summed E-state index contributed by atoms with van der Waals surface area (Å²) >= 11 is 0. The molecule has 0 fully saturated rings. The Kier molecular flexibility index (Phi) is 3.52. The molecule has 0 unspecified atom stereocenters. The second kappa shape index (κ2) is 5.48. The fourth-order valence-electron chi connectivity index (χ4n) is 2.60. The van der Waals surface area contributed by atoms with Gasteiger partial charge < -0.3 is 15.7 Å². The summed E-state index contributed by atoms with van der Waals surface area (Å²) in [5.41, 5.74) is 4.52. The number of hydrogen-bond acceptors (Lipinski definition) is 3. The van der Waals surface area contributed by atoms with Gasteiger partial charge in [0.2, 0.25) is 0 Å². The van der Waals surface area contributed by atoms with Crippen LogP contribution in [0.15, 0.2) is 36.4 Å². The number of phenolic OH excluding ortho intramolecular Hbond substituents is 1. The van der Waals surface area contributed by atoms with Crippen LogP contribution in [0.3, 0.4) is 0 Å². The highest BCUT2D eigenvalue weighted by Crippen LogP contribution is 2.24. The van der Waals surface area contributed by atoms with Gasteiger partial charge in [0.1, 0.15) is 5.75 Å². The first-order valence-corrected chi connectivity index (χ1v) is 7.11. The van der Waals surface area contributed by atoms with Crippen molar-refractivity contribution in [1.82, 2.24) is 0 Å². The van der Waals surface area contributed by atoms with Crippen LogP contribution >= 0.6 is 0 Å². The zero-order chi connectivity index (χ0) is 14.8. The van der Waals surface area contributed by atoms with Crippen molar-refractivity contribution < 1.29 is 9.90 Å². The van der Waals surface area contributed by atoms with E-state index in [9.17, 15) is 9.90 Å². The Morgan fingerprint density at radius 3 is 2.90 bits per heavy atom. The van der Waals surface area contributed by atoms with Gasteiger partial charge in [0.05, 0.1) is 0 Å². The molecule has 0 spiro atoms. The van der Waals surface area contributed by atoms with Gasteiger partial charge in [-0.3, -0.25) is 4.79 Å². The van der Waals surface area contributed by atoms with E-state index in [0.29, 0.717) is 11.3 Å². The van der Waals surface area contributed by atoms with E-state index in [2.05, 4.69) is 10.6 Å². The van der Waals surface area contributed by atoms with Crippen molar-refractivity contribution in [2.75, 3.05) is 17.2 Å². The van der Waals surface area contributed by atoms with Gasteiger partial charge in [-0.05, 0) is 67.3 Å². The van der Waals surface area contributed by atoms with Crippen molar-refractivity contribution >= 4 is 17.3 Å². The molecule has 0 aromatic heterocycles. The van der Waals surface area contributed by atoms with E-state index < -0.39 is 0 Å². The van der Waals surface area contributed by atoms with Gasteiger partial charge in [0.25, 0.3) is 5.91 Å². The first-order chi connectivity index (χ1) is 10.1. The zero-order valence-electron chi connectivity index (χ0n) is 11.9. The summed E-state index contributed by atoms with van der Waals surface area (Å²) in [7, 11) is 0. The molecule has 0 radical (unpaired) electrons. The Balaban J connectivity index is 1.82. The first kappa shape index (κ1) is 13.5. The summed E-state index contributed by atoms with van der Waals surface area (Å²) in [5, 5.41) is 15.6. The van der Waals surface area contributed by atoms with Crippen LogP contribution in [0.5, 0.6) is 5.75 Å². The SMILES string of the molecule is Cc1cc(O)ccc1NC(=O)c1ccc2c(c1)CCCN2. The summed E-state index contributed by atoms with van der Waals surface area (Å²) in [6.07, 6.45) is 2.09. The van der Waals surface area contributed by atoms with Crippen LogP contribution in [-0.4, -0.2) is 17.6 Å². The molecule has 2 aromatic carbocycles. The zero-order valence-corrected chi connectivity index (χ0v) is 11.9. The number of carbonyl (C=O) groups is 1. The number of nitrogens with one attached hydrogen (secondary N) is 2. The molecule has 1 aliphatic rings. The van der Waals surface area contributed by atoms with Crippen molar-refractivity contribution in [2.24, 2.45) is 0 Å². The van der Waals surface area contributed by atoms with Crippen LogP contribution in [0.25, 0.3) is 0 Å². The predicted molar refractivity (Wildman–Crippen MR) is 84.0 cm³/mol. The van der Waals surface area contributed by atoms with E-state index in [1.54, 1.807) is 18.2 Å². The first-order valence-electron chi connectivity index (χ1n) is 7.11. The van der Waals surface area contributed by atoms with E-state index in [4.69, 9.17) is 0 Å². The number of carbonyl (C=O) groups excluding carboxylic acids is 1. The topological polar surface area (TPSA) is 61.4 Å². The molecule has 1 aliphatic heterocycles. The molecule has 1 heterocycles. The van der Waals surface area contributed by atoms with E-state index in [1.165, 1.54) is 5.56 Å². The molecule has 2 aromatic rings. The van der Waals surface area contributed by atoms with Crippen LogP contribution in [0.1, 0.15) is 27.9 Å². The van der Waals surface area contributed by atoms with Crippen molar-refractivity contribution in [3.8, 4) is 5.75 Å². The second-order valence-corrected chi connectivity index (χ2v) is 5.36. The van der Waals surface area contributed by atoms with Gasteiger partial charge in [-0.25, -0.2) is 0 Å². The number of amides is 1. The van der Waals surface area contributed by atoms with Crippen molar-refractivity contribution in [1.29, 1.82) is 0 Å². The summed E-state index contributed by atoms with van der Waals surface area (Å²) in [4.78, 5) is 12.3. The maximum Gasteiger partial charge on any atom is 0.255 e. The number of benzene rings is 2. The molecule has 108 valence electrons. The minimum atomic E-state index is -0.128. The molecular formula is C17H18N2O2. The van der Waals surface area contributed by atoms with Crippen LogP contribution in [0, 0.1) is 6.92 Å². The number of aromatic hydroxyl groups is 1. The van der Waals surface area contributed by atoms with Gasteiger partial charge in [0.15, 0.2) is 0 Å². The highest BCUT2D eigenvalue weighted by molar-refractivity contribution is 6.05. The van der Waals surface area contributed by atoms with Gasteiger partial charge in [-0.2, -0.15) is 0 Å². The van der Waals surface area contributed by atoms with E-state index in [-0.39, 0.29) is 11.7 Å². The molecule has 21 heavy (non-hydrogen) atoms. The Morgan fingerprint density at radius 2 is 2.10 bits per heavy atom. The molecule has 3 rings (SSSR count). The second-order valence-electron chi connectivity index (χ2n) is 5.36. The molecule has 0 saturated carbocycles. The monoisotopic (exact) mass is 282 g/mol. The average molecular weight is 282 g/mol. The Labute approximate surface area is 123 Å². The quantitative estimate of drug-likeness (QED) is 0.741. The molecule has 0 atom stereocenters. The molecular weight excluding hydrogens is 264 g/mol. The highest BCUT2D eigenvalue weighted by Gasteiger charge is 2.13. The maximum absolute atomic E-state index is 12.3. The Morgan fingerprint density at radius 1 is 1.24 bits per heavy atom. The van der Waals surface area contributed by atoms with Gasteiger partial charge >= 0.3 is 0 Å². The van der Waals surface area contributed by atoms with Crippen molar-refractivity contribution in [2.45, 2.75) is 19.8 Å². The third-order valence-corrected chi connectivity index (χ3v) is 3.76. The third-order valence-electron chi connectivity index (χ3n) is 3.76. The average Bonchev–Trinajstić information content (AvgIpc) is 2.49. The van der Waals surface area contributed by atoms with Crippen LogP contribution in [0.4, 0.5) is 11.4 Å². The fraction of sp³-hybridized carbons (Fsp3) is 0.235. The summed E-state index contributed by atoms with van der Waals surface area (Å²) in [6.45, 7) is 2.84. The number of anilines is 2. The molecule has 0 aliphatic carbocycles. The lowest BCUT2D eigenvalue weighted by Gasteiger charge is -2.18. The van der Waals surface area contributed by atoms with Gasteiger partial charge in [-0.15, -0.1) is 0 Å². The smallest absolute Gasteiger partial charge is 0.255 e. The number of rotatable bonds is 2. The van der Waals surface area contributed by atoms with Crippen molar-refractivity contribution in [3.63, 3.8) is 0 Å². The molecule has 0 saturated heterocycles. The lowest BCUT2D eigenvalue weighted by Crippen LogP contribution is -2.16. The normalized spacial score (nSPS) is 13.2. The molecule has 1 amide bonds. The van der Waals surface area contributed by atoms with E-state index in [1.807, 2.05) is 25.1 Å². The Hall–Kier alpha value is -2.49. The van der Waals surface area contributed by atoms with E-state index in [0.717, 1.165) is 30.6 Å². The van der Waals surface area contributed by atoms with Gasteiger partial charge in [0, 0.05) is 23.5 Å². The van der Waals surface area contributed by atoms with Crippen LogP contribution in [0.2, 0.25) is 0 Å². The number of hydrogen-bond donors (Lipinski definition) is 3. The maximum atomic E-state index is 12.3. The lowest BCUT2D eigenvalue weighted by atomic mass is 10.0. The van der Waals surface area contributed by atoms with Gasteiger partial charge in [-0.1, -0.05) is 0 Å². The minimum absolute atomic E-state index is 0.128. The van der Waals surface area contributed by atoms with Crippen LogP contribution < -0.4 is 10.6 Å². The van der Waals surface area contributed by atoms with E-state index >= 15 is 0 Å². The number of aryl methyl sites for hydroxylation is 2. The molecule has 3 N–H and O–H groups in total. The standard InChI is InChI=1S/C17H18N2O2/c1-11-9-14(20)5-7-15(11)19-17(21)13-4-6-16-12(10-13)3-2-8-18-16/h4-7,9-10,18,20H,2-3,8H2,1H3,(H,19,21). The highest BCUT2D eigenvalue weighted by atomic mass is 16.3. The molecule has 0 bridgehead atoms. The predicted octanol–water partition coefficient (Wildman–Crippen LogP) is 3.31. The molecule has 4 nitrogen and oxygen atoms in total. The lowest BCUT2D eigenvalue weighted by molar-refractivity contribution is 0.102.